The third kappa shape index (κ3) is 1.70. The van der Waals surface area contributed by atoms with E-state index in [1.807, 2.05) is 30.4 Å². The van der Waals surface area contributed by atoms with Gasteiger partial charge in [0.1, 0.15) is 0 Å². The number of pyridine rings is 1. The van der Waals surface area contributed by atoms with Gasteiger partial charge < -0.3 is 4.74 Å². The number of hydrogen-bond donors (Lipinski definition) is 0. The van der Waals surface area contributed by atoms with Crippen LogP contribution < -0.4 is 5.06 Å². The molecule has 0 aromatic carbocycles. The number of fused-ring (bicyclic) bond motifs is 2. The summed E-state index contributed by atoms with van der Waals surface area (Å²) in [6.07, 6.45) is 4.77. The first-order valence-electron chi connectivity index (χ1n) is 5.69. The maximum absolute atomic E-state index is 11.6. The zero-order valence-electron chi connectivity index (χ0n) is 9.89. The highest BCUT2D eigenvalue weighted by atomic mass is 16.7. The van der Waals surface area contributed by atoms with E-state index in [2.05, 4.69) is 4.98 Å². The lowest BCUT2D eigenvalue weighted by atomic mass is 10.1. The first-order valence-corrected chi connectivity index (χ1v) is 5.69. The maximum Gasteiger partial charge on any atom is 0.411 e. The highest BCUT2D eigenvalue weighted by Crippen LogP contribution is 2.28. The lowest BCUT2D eigenvalue weighted by Gasteiger charge is -2.46. The molecule has 0 N–H and O–H groups in total. The standard InChI is InChI=1S/C12H13N3O3/c1-17-12(16)14-8-9-5-6-11(14)18-15(9)10-4-2-3-7-13-10/h2-7,9,11H,8H2,1H3/t9-,11+/m0/s1. The van der Waals surface area contributed by atoms with Crippen LogP contribution in [0.5, 0.6) is 0 Å². The van der Waals surface area contributed by atoms with Crippen LogP contribution in [0.2, 0.25) is 0 Å². The summed E-state index contributed by atoms with van der Waals surface area (Å²) in [6, 6.07) is 5.58. The van der Waals surface area contributed by atoms with Gasteiger partial charge in [0.15, 0.2) is 12.0 Å². The van der Waals surface area contributed by atoms with Crippen LogP contribution >= 0.6 is 0 Å². The van der Waals surface area contributed by atoms with Crippen LogP contribution in [0.4, 0.5) is 10.6 Å². The summed E-state index contributed by atoms with van der Waals surface area (Å²) in [5, 5.41) is 1.73. The fraction of sp³-hybridized carbons (Fsp3) is 0.333. The van der Waals surface area contributed by atoms with Crippen LogP contribution in [0.25, 0.3) is 0 Å². The summed E-state index contributed by atoms with van der Waals surface area (Å²) < 4.78 is 4.72. The van der Waals surface area contributed by atoms with E-state index in [0.29, 0.717) is 6.54 Å². The smallest absolute Gasteiger partial charge is 0.411 e. The van der Waals surface area contributed by atoms with Crippen molar-refractivity contribution in [1.29, 1.82) is 0 Å². The summed E-state index contributed by atoms with van der Waals surface area (Å²) in [6.45, 7) is 0.532. The van der Waals surface area contributed by atoms with Crippen LogP contribution in [-0.4, -0.2) is 41.9 Å². The zero-order chi connectivity index (χ0) is 12.5. The second-order valence-corrected chi connectivity index (χ2v) is 4.08. The van der Waals surface area contributed by atoms with Crippen LogP contribution in [0.1, 0.15) is 0 Å². The Bertz CT molecular complexity index is 477. The molecule has 6 nitrogen and oxygen atoms in total. The van der Waals surface area contributed by atoms with E-state index in [4.69, 9.17) is 9.57 Å². The van der Waals surface area contributed by atoms with Crippen molar-refractivity contribution in [3.8, 4) is 0 Å². The van der Waals surface area contributed by atoms with E-state index >= 15 is 0 Å². The molecule has 3 aliphatic heterocycles. The van der Waals surface area contributed by atoms with Gasteiger partial charge in [-0.15, -0.1) is 0 Å². The molecular weight excluding hydrogens is 234 g/mol. The summed E-state index contributed by atoms with van der Waals surface area (Å²) >= 11 is 0. The number of ether oxygens (including phenoxy) is 1. The number of nitrogens with zero attached hydrogens (tertiary/aromatic N) is 3. The van der Waals surface area contributed by atoms with Gasteiger partial charge in [-0.1, -0.05) is 12.1 Å². The van der Waals surface area contributed by atoms with Gasteiger partial charge in [0.05, 0.1) is 19.7 Å². The molecule has 1 aromatic heterocycles. The number of anilines is 1. The van der Waals surface area contributed by atoms with Gasteiger partial charge in [-0.25, -0.2) is 19.7 Å². The molecule has 18 heavy (non-hydrogen) atoms. The molecule has 2 atom stereocenters. The highest BCUT2D eigenvalue weighted by Gasteiger charge is 2.40. The number of rotatable bonds is 1. The predicted octanol–water partition coefficient (Wildman–Crippen LogP) is 1.17. The van der Waals surface area contributed by atoms with E-state index in [-0.39, 0.29) is 12.1 Å². The molecule has 0 spiro atoms. The summed E-state index contributed by atoms with van der Waals surface area (Å²) in [5.74, 6) is 0.737. The Hall–Kier alpha value is -2.08. The molecule has 1 aromatic rings. The van der Waals surface area contributed by atoms with Gasteiger partial charge >= 0.3 is 6.09 Å². The number of carbonyl (C=O) groups excluding carboxylic acids is 1. The number of hydrogen-bond acceptors (Lipinski definition) is 5. The van der Waals surface area contributed by atoms with Gasteiger partial charge in [-0.2, -0.15) is 0 Å². The lowest BCUT2D eigenvalue weighted by molar-refractivity contribution is -0.0864. The maximum atomic E-state index is 11.6. The first kappa shape index (κ1) is 11.0. The average molecular weight is 247 g/mol. The molecule has 1 saturated heterocycles. The molecule has 4 rings (SSSR count). The van der Waals surface area contributed by atoms with Crippen molar-refractivity contribution in [1.82, 2.24) is 9.88 Å². The van der Waals surface area contributed by atoms with Crippen molar-refractivity contribution >= 4 is 11.9 Å². The molecule has 0 aliphatic carbocycles. The first-order chi connectivity index (χ1) is 8.79. The molecule has 0 saturated carbocycles. The minimum atomic E-state index is -0.426. The molecule has 0 radical (unpaired) electrons. The van der Waals surface area contributed by atoms with Crippen LogP contribution in [0, 0.1) is 0 Å². The Morgan fingerprint density at radius 3 is 3.00 bits per heavy atom. The Morgan fingerprint density at radius 2 is 2.39 bits per heavy atom. The summed E-state index contributed by atoms with van der Waals surface area (Å²) in [4.78, 5) is 23.1. The van der Waals surface area contributed by atoms with Crippen molar-refractivity contribution < 1.29 is 14.4 Å². The third-order valence-electron chi connectivity index (χ3n) is 3.00. The van der Waals surface area contributed by atoms with Gasteiger partial charge in [0, 0.05) is 6.20 Å². The molecule has 1 fully saturated rings. The molecule has 6 heteroatoms. The second kappa shape index (κ2) is 4.30. The van der Waals surface area contributed by atoms with Crippen LogP contribution in [0.3, 0.4) is 0 Å². The quantitative estimate of drug-likeness (QED) is 0.697. The lowest BCUT2D eigenvalue weighted by Crippen LogP contribution is -2.60. The van der Waals surface area contributed by atoms with E-state index in [1.165, 1.54) is 7.11 Å². The van der Waals surface area contributed by atoms with Crippen LogP contribution in [-0.2, 0) is 9.57 Å². The van der Waals surface area contributed by atoms with Crippen molar-refractivity contribution in [3.05, 3.63) is 36.5 Å². The summed E-state index contributed by atoms with van der Waals surface area (Å²) in [5.41, 5.74) is 0. The minimum Gasteiger partial charge on any atom is -0.453 e. The number of carbonyl (C=O) groups is 1. The topological polar surface area (TPSA) is 54.9 Å². The fourth-order valence-electron chi connectivity index (χ4n) is 2.14. The largest absolute Gasteiger partial charge is 0.453 e. The van der Waals surface area contributed by atoms with E-state index in [1.54, 1.807) is 16.2 Å². The van der Waals surface area contributed by atoms with Gasteiger partial charge in [-0.05, 0) is 18.2 Å². The Morgan fingerprint density at radius 1 is 1.50 bits per heavy atom. The molecule has 94 valence electrons. The zero-order valence-corrected chi connectivity index (χ0v) is 9.89. The van der Waals surface area contributed by atoms with Crippen molar-refractivity contribution in [2.24, 2.45) is 0 Å². The number of hydroxylamine groups is 1. The van der Waals surface area contributed by atoms with Crippen molar-refractivity contribution in [2.75, 3.05) is 18.7 Å². The van der Waals surface area contributed by atoms with E-state index in [0.717, 1.165) is 5.82 Å². The SMILES string of the molecule is COC(=O)N1C[C@@H]2C=C[C@H]1ON2c1ccccn1. The van der Waals surface area contributed by atoms with Crippen molar-refractivity contribution in [2.45, 2.75) is 12.3 Å². The number of amides is 1. The van der Waals surface area contributed by atoms with E-state index in [9.17, 15) is 4.79 Å². The Balaban J connectivity index is 1.82. The third-order valence-corrected chi connectivity index (χ3v) is 3.00. The van der Waals surface area contributed by atoms with Gasteiger partial charge in [-0.3, -0.25) is 4.90 Å². The second-order valence-electron chi connectivity index (χ2n) is 4.08. The molecule has 2 bridgehead atoms. The highest BCUT2D eigenvalue weighted by molar-refractivity contribution is 5.69. The number of aromatic nitrogens is 1. The molecule has 3 aliphatic rings. The van der Waals surface area contributed by atoms with Crippen molar-refractivity contribution in [3.63, 3.8) is 0 Å². The Labute approximate surface area is 104 Å². The monoisotopic (exact) mass is 247 g/mol. The molecular formula is C12H13N3O3. The van der Waals surface area contributed by atoms with E-state index < -0.39 is 6.23 Å². The summed E-state index contributed by atoms with van der Waals surface area (Å²) in [7, 11) is 1.37. The van der Waals surface area contributed by atoms with Gasteiger partial charge in [0.2, 0.25) is 0 Å². The Kier molecular flexibility index (Phi) is 2.64. The molecule has 1 amide bonds. The normalized spacial score (nSPS) is 25.4. The molecule has 0 unspecified atom stereocenters. The average Bonchev–Trinajstić information content (AvgIpc) is 2.47. The fourth-order valence-corrected chi connectivity index (χ4v) is 2.14. The van der Waals surface area contributed by atoms with Gasteiger partial charge in [0.25, 0.3) is 0 Å². The minimum absolute atomic E-state index is 0.0380. The number of methoxy groups -OCH3 is 1. The molecule has 4 heterocycles. The predicted molar refractivity (Wildman–Crippen MR) is 63.6 cm³/mol. The van der Waals surface area contributed by atoms with Crippen LogP contribution in [0.15, 0.2) is 36.5 Å².